The Morgan fingerprint density at radius 3 is 1.23 bits per heavy atom. The van der Waals surface area contributed by atoms with Gasteiger partial charge in [-0.25, -0.2) is 0 Å². The van der Waals surface area contributed by atoms with Gasteiger partial charge in [-0.1, -0.05) is 63.3 Å². The summed E-state index contributed by atoms with van der Waals surface area (Å²) in [5.74, 6) is 5.82. The molecule has 0 aromatic carbocycles. The molecule has 0 spiro atoms. The maximum absolute atomic E-state index is 11.0. The van der Waals surface area contributed by atoms with Gasteiger partial charge in [-0.3, -0.25) is 0 Å². The molecule has 2 N–H and O–H groups in total. The van der Waals surface area contributed by atoms with Crippen LogP contribution in [-0.4, -0.2) is 37.6 Å². The zero-order valence-corrected chi connectivity index (χ0v) is 16.9. The third-order valence-corrected chi connectivity index (χ3v) is 4.60. The summed E-state index contributed by atoms with van der Waals surface area (Å²) in [7, 11) is -3.38. The van der Waals surface area contributed by atoms with E-state index < -0.39 is 27.3 Å². The van der Waals surface area contributed by atoms with E-state index in [1.807, 2.05) is 0 Å². The minimum Gasteiger partial charge on any atom is -0.373 e. The lowest BCUT2D eigenvalue weighted by molar-refractivity contribution is -0.0748. The molecule has 2 nitrogen and oxygen atoms in total. The van der Waals surface area contributed by atoms with Crippen LogP contribution in [0, 0.1) is 22.9 Å². The summed E-state index contributed by atoms with van der Waals surface area (Å²) < 4.78 is 0. The van der Waals surface area contributed by atoms with Crippen LogP contribution in [0.25, 0.3) is 0 Å². The molecule has 0 aliphatic rings. The molecule has 0 aromatic rings. The van der Waals surface area contributed by atoms with Crippen molar-refractivity contribution in [2.24, 2.45) is 0 Å². The summed E-state index contributed by atoms with van der Waals surface area (Å²) in [4.78, 5) is 0. The van der Waals surface area contributed by atoms with Crippen LogP contribution in [0.5, 0.6) is 0 Å². The van der Waals surface area contributed by atoms with E-state index in [9.17, 15) is 10.2 Å². The van der Waals surface area contributed by atoms with Crippen molar-refractivity contribution in [3.8, 4) is 22.9 Å². The van der Waals surface area contributed by atoms with Crippen LogP contribution in [0.15, 0.2) is 25.3 Å². The fourth-order valence-electron chi connectivity index (χ4n) is 1.65. The molecule has 4 heteroatoms. The van der Waals surface area contributed by atoms with E-state index in [0.717, 1.165) is 0 Å². The molecule has 22 heavy (non-hydrogen) atoms. The van der Waals surface area contributed by atoms with E-state index in [-0.39, 0.29) is 12.8 Å². The van der Waals surface area contributed by atoms with Gasteiger partial charge < -0.3 is 10.2 Å². The van der Waals surface area contributed by atoms with E-state index in [4.69, 9.17) is 0 Å². The fourth-order valence-corrected chi connectivity index (χ4v) is 2.81. The predicted molar refractivity (Wildman–Crippen MR) is 102 cm³/mol. The Kier molecular flexibility index (Phi) is 7.13. The second-order valence-electron chi connectivity index (χ2n) is 7.71. The first-order valence-corrected chi connectivity index (χ1v) is 14.5. The highest BCUT2D eigenvalue weighted by Gasteiger charge is 2.46. The molecular formula is C18H30O2Si2. The zero-order valence-electron chi connectivity index (χ0n) is 14.9. The minimum atomic E-state index is -1.69. The Labute approximate surface area is 138 Å². The largest absolute Gasteiger partial charge is 0.373 e. The van der Waals surface area contributed by atoms with E-state index in [2.05, 4.69) is 75.4 Å². The first-order chi connectivity index (χ1) is 9.79. The Balaban J connectivity index is 6.07. The van der Waals surface area contributed by atoms with Gasteiger partial charge in [0.1, 0.15) is 16.1 Å². The Hall–Kier alpha value is -1.05. The number of aliphatic hydroxyl groups is 2. The molecular weight excluding hydrogens is 304 g/mol. The van der Waals surface area contributed by atoms with Gasteiger partial charge in [0.05, 0.1) is 0 Å². The molecule has 0 aliphatic heterocycles. The number of hydrogen-bond acceptors (Lipinski definition) is 2. The average Bonchev–Trinajstić information content (AvgIpc) is 2.33. The first kappa shape index (κ1) is 21.0. The lowest BCUT2D eigenvalue weighted by Crippen LogP contribution is -2.52. The molecule has 0 aromatic heterocycles. The van der Waals surface area contributed by atoms with Crippen LogP contribution in [0.3, 0.4) is 0 Å². The highest BCUT2D eigenvalue weighted by Crippen LogP contribution is 2.30. The zero-order chi connectivity index (χ0) is 17.7. The van der Waals surface area contributed by atoms with Crippen molar-refractivity contribution in [3.63, 3.8) is 0 Å². The monoisotopic (exact) mass is 334 g/mol. The first-order valence-electron chi connectivity index (χ1n) is 7.54. The van der Waals surface area contributed by atoms with E-state index >= 15 is 0 Å². The Morgan fingerprint density at radius 1 is 0.773 bits per heavy atom. The van der Waals surface area contributed by atoms with Gasteiger partial charge in [-0.2, -0.15) is 0 Å². The van der Waals surface area contributed by atoms with Gasteiger partial charge in [0.25, 0.3) is 0 Å². The second-order valence-corrected chi connectivity index (χ2v) is 17.2. The normalized spacial score (nSPS) is 16.9. The number of hydrogen-bond donors (Lipinski definition) is 2. The Morgan fingerprint density at radius 2 is 1.05 bits per heavy atom. The molecule has 2 atom stereocenters. The topological polar surface area (TPSA) is 40.5 Å². The van der Waals surface area contributed by atoms with Crippen molar-refractivity contribution in [2.45, 2.75) is 63.3 Å². The van der Waals surface area contributed by atoms with Crippen LogP contribution in [0.1, 0.15) is 12.8 Å². The molecule has 0 unspecified atom stereocenters. The van der Waals surface area contributed by atoms with Crippen LogP contribution >= 0.6 is 0 Å². The van der Waals surface area contributed by atoms with Gasteiger partial charge in [0, 0.05) is 12.8 Å². The average molecular weight is 335 g/mol. The molecule has 0 rings (SSSR count). The van der Waals surface area contributed by atoms with Crippen LogP contribution < -0.4 is 0 Å². The fraction of sp³-hybridized carbons (Fsp3) is 0.556. The van der Waals surface area contributed by atoms with Crippen molar-refractivity contribution in [1.82, 2.24) is 0 Å². The summed E-state index contributed by atoms with van der Waals surface area (Å²) in [6, 6.07) is 0. The highest BCUT2D eigenvalue weighted by molar-refractivity contribution is 6.84. The molecule has 0 saturated heterocycles. The summed E-state index contributed by atoms with van der Waals surface area (Å²) in [5.41, 5.74) is 3.04. The smallest absolute Gasteiger partial charge is 0.168 e. The van der Waals surface area contributed by atoms with Crippen LogP contribution in [-0.2, 0) is 0 Å². The molecule has 0 heterocycles. The Bertz CT molecular complexity index is 482. The van der Waals surface area contributed by atoms with Crippen molar-refractivity contribution in [3.05, 3.63) is 25.3 Å². The van der Waals surface area contributed by atoms with E-state index in [1.165, 1.54) is 0 Å². The quantitative estimate of drug-likeness (QED) is 0.460. The molecule has 0 aliphatic carbocycles. The van der Waals surface area contributed by atoms with E-state index in [1.54, 1.807) is 12.2 Å². The van der Waals surface area contributed by atoms with E-state index in [0.29, 0.717) is 0 Å². The summed E-state index contributed by atoms with van der Waals surface area (Å²) in [6.07, 6.45) is 3.47. The van der Waals surface area contributed by atoms with Gasteiger partial charge in [0.2, 0.25) is 0 Å². The molecule has 0 saturated carbocycles. The SMILES string of the molecule is C=CC[C@@](O)(C#C[Si](C)(C)C)[C@](O)(C#C[Si](C)(C)C)CC=C. The van der Waals surface area contributed by atoms with Crippen molar-refractivity contribution < 1.29 is 10.2 Å². The predicted octanol–water partition coefficient (Wildman–Crippen LogP) is 3.36. The summed E-state index contributed by atoms with van der Waals surface area (Å²) in [5, 5.41) is 22.0. The van der Waals surface area contributed by atoms with Gasteiger partial charge in [0.15, 0.2) is 11.2 Å². The summed E-state index contributed by atoms with van der Waals surface area (Å²) >= 11 is 0. The van der Waals surface area contributed by atoms with Crippen LogP contribution in [0.4, 0.5) is 0 Å². The lowest BCUT2D eigenvalue weighted by atomic mass is 9.79. The molecule has 0 fully saturated rings. The maximum Gasteiger partial charge on any atom is 0.168 e. The number of rotatable bonds is 5. The van der Waals surface area contributed by atoms with Gasteiger partial charge in [-0.05, 0) is 0 Å². The van der Waals surface area contributed by atoms with Crippen molar-refractivity contribution in [2.75, 3.05) is 0 Å². The van der Waals surface area contributed by atoms with Gasteiger partial charge in [-0.15, -0.1) is 24.2 Å². The van der Waals surface area contributed by atoms with Crippen LogP contribution in [0.2, 0.25) is 39.3 Å². The van der Waals surface area contributed by atoms with Crippen molar-refractivity contribution in [1.29, 1.82) is 0 Å². The minimum absolute atomic E-state index is 0.162. The lowest BCUT2D eigenvalue weighted by Gasteiger charge is -2.36. The van der Waals surface area contributed by atoms with Gasteiger partial charge >= 0.3 is 0 Å². The standard InChI is InChI=1S/C18H30O2Si2/c1-9-11-17(19,13-15-21(3,4)5)18(20,12-10-2)14-16-22(6,7)8/h9-10,19-20H,1-2,11-12H2,3-8H3/t17-,18-/m1/s1. The maximum atomic E-state index is 11.0. The van der Waals surface area contributed by atoms with Crippen molar-refractivity contribution >= 4 is 16.1 Å². The molecule has 122 valence electrons. The highest BCUT2D eigenvalue weighted by atomic mass is 28.3. The summed E-state index contributed by atoms with van der Waals surface area (Å²) in [6.45, 7) is 19.9. The molecule has 0 radical (unpaired) electrons. The molecule has 0 amide bonds. The third-order valence-electron chi connectivity index (χ3n) is 2.85. The third kappa shape index (κ3) is 6.81. The molecule has 0 bridgehead atoms. The second kappa shape index (κ2) is 7.48.